The molecule has 24 heavy (non-hydrogen) atoms. The Morgan fingerprint density at radius 3 is 2.96 bits per heavy atom. The number of aromatic nitrogens is 1. The molecule has 1 aliphatic heterocycles. The quantitative estimate of drug-likeness (QED) is 0.628. The Hall–Kier alpha value is -2.35. The molecule has 4 nitrogen and oxygen atoms in total. The molecule has 2 unspecified atom stereocenters. The van der Waals surface area contributed by atoms with Gasteiger partial charge in [0, 0.05) is 43.1 Å². The minimum Gasteiger partial charge on any atom is -0.496 e. The lowest BCUT2D eigenvalue weighted by molar-refractivity contribution is 0.00557. The van der Waals surface area contributed by atoms with Crippen LogP contribution >= 0.6 is 0 Å². The molecule has 0 spiro atoms. The molecule has 1 aliphatic rings. The van der Waals surface area contributed by atoms with Gasteiger partial charge in [-0.2, -0.15) is 0 Å². The number of hydrogen-bond acceptors (Lipinski definition) is 4. The van der Waals surface area contributed by atoms with E-state index in [2.05, 4.69) is 39.3 Å². The highest BCUT2D eigenvalue weighted by atomic mass is 16.5. The summed E-state index contributed by atoms with van der Waals surface area (Å²) in [6, 6.07) is 13.2. The van der Waals surface area contributed by atoms with E-state index in [1.54, 1.807) is 7.11 Å². The van der Waals surface area contributed by atoms with Gasteiger partial charge in [-0.3, -0.25) is 9.88 Å². The molecule has 4 heteroatoms. The van der Waals surface area contributed by atoms with Crippen molar-refractivity contribution < 1.29 is 4.74 Å². The minimum atomic E-state index is 0.390. The summed E-state index contributed by atoms with van der Waals surface area (Å²) in [5.41, 5.74) is 2.47. The highest BCUT2D eigenvalue weighted by Gasteiger charge is 2.39. The van der Waals surface area contributed by atoms with Crippen molar-refractivity contribution in [3.63, 3.8) is 0 Å². The standard InChI is InChI=1S/C20H23N3O/c1-3-10-21-14-18-12-19(16-8-6-11-22-13-16)23(18)15-17-7-4-5-9-20(17)24-2/h1,4-9,11,13,18-19,21H,10,12,14-15H2,2H3. The molecule has 2 aromatic rings. The maximum absolute atomic E-state index is 5.51. The van der Waals surface area contributed by atoms with Gasteiger partial charge in [0.05, 0.1) is 13.7 Å². The Balaban J connectivity index is 1.76. The molecule has 0 bridgehead atoms. The van der Waals surface area contributed by atoms with Gasteiger partial charge in [0.1, 0.15) is 5.75 Å². The molecule has 0 amide bonds. The van der Waals surface area contributed by atoms with E-state index in [0.717, 1.165) is 25.3 Å². The van der Waals surface area contributed by atoms with E-state index in [0.29, 0.717) is 18.6 Å². The van der Waals surface area contributed by atoms with Gasteiger partial charge in [0.25, 0.3) is 0 Å². The van der Waals surface area contributed by atoms with E-state index < -0.39 is 0 Å². The molecule has 0 saturated carbocycles. The highest BCUT2D eigenvalue weighted by Crippen LogP contribution is 2.40. The predicted octanol–water partition coefficient (Wildman–Crippen LogP) is 2.63. The zero-order valence-electron chi connectivity index (χ0n) is 14.0. The van der Waals surface area contributed by atoms with E-state index in [1.807, 2.05) is 30.6 Å². The lowest BCUT2D eigenvalue weighted by atomic mass is 9.87. The molecule has 1 fully saturated rings. The summed E-state index contributed by atoms with van der Waals surface area (Å²) in [6.07, 6.45) is 10.2. The van der Waals surface area contributed by atoms with Crippen LogP contribution in [0.3, 0.4) is 0 Å². The fourth-order valence-corrected chi connectivity index (χ4v) is 3.33. The number of methoxy groups -OCH3 is 1. The van der Waals surface area contributed by atoms with Gasteiger partial charge in [-0.25, -0.2) is 0 Å². The fraction of sp³-hybridized carbons (Fsp3) is 0.350. The topological polar surface area (TPSA) is 37.4 Å². The summed E-state index contributed by atoms with van der Waals surface area (Å²) in [4.78, 5) is 6.77. The largest absolute Gasteiger partial charge is 0.496 e. The van der Waals surface area contributed by atoms with Gasteiger partial charge in [-0.05, 0) is 24.1 Å². The van der Waals surface area contributed by atoms with Crippen LogP contribution in [-0.4, -0.2) is 36.1 Å². The van der Waals surface area contributed by atoms with Gasteiger partial charge < -0.3 is 10.1 Å². The van der Waals surface area contributed by atoms with Gasteiger partial charge in [0.15, 0.2) is 0 Å². The molecule has 0 radical (unpaired) electrons. The van der Waals surface area contributed by atoms with Crippen LogP contribution in [0.15, 0.2) is 48.8 Å². The lowest BCUT2D eigenvalue weighted by Gasteiger charge is -2.49. The molecule has 2 heterocycles. The molecule has 3 rings (SSSR count). The van der Waals surface area contributed by atoms with Crippen LogP contribution in [0.1, 0.15) is 23.6 Å². The van der Waals surface area contributed by atoms with E-state index >= 15 is 0 Å². The van der Waals surface area contributed by atoms with Crippen LogP contribution in [0.4, 0.5) is 0 Å². The van der Waals surface area contributed by atoms with Crippen molar-refractivity contribution in [3.05, 3.63) is 59.9 Å². The summed E-state index contributed by atoms with van der Waals surface area (Å²) in [5, 5.41) is 3.33. The second-order valence-electron chi connectivity index (χ2n) is 6.01. The Labute approximate surface area is 143 Å². The second kappa shape index (κ2) is 7.96. The number of hydrogen-bond donors (Lipinski definition) is 1. The maximum Gasteiger partial charge on any atom is 0.123 e. The molecular formula is C20H23N3O. The van der Waals surface area contributed by atoms with E-state index in [-0.39, 0.29) is 0 Å². The number of terminal acetylenes is 1. The van der Waals surface area contributed by atoms with Crippen molar-refractivity contribution >= 4 is 0 Å². The Kier molecular flexibility index (Phi) is 5.47. The number of ether oxygens (including phenoxy) is 1. The van der Waals surface area contributed by atoms with Crippen molar-refractivity contribution in [1.29, 1.82) is 0 Å². The SMILES string of the molecule is C#CCNCC1CC(c2cccnc2)N1Cc1ccccc1OC. The van der Waals surface area contributed by atoms with Gasteiger partial charge in [-0.15, -0.1) is 6.42 Å². The molecule has 1 saturated heterocycles. The monoisotopic (exact) mass is 321 g/mol. The van der Waals surface area contributed by atoms with E-state index in [1.165, 1.54) is 11.1 Å². The summed E-state index contributed by atoms with van der Waals surface area (Å²) >= 11 is 0. The third kappa shape index (κ3) is 3.59. The third-order valence-electron chi connectivity index (χ3n) is 4.59. The van der Waals surface area contributed by atoms with E-state index in [9.17, 15) is 0 Å². The minimum absolute atomic E-state index is 0.390. The number of para-hydroxylation sites is 1. The van der Waals surface area contributed by atoms with Crippen LogP contribution < -0.4 is 10.1 Å². The van der Waals surface area contributed by atoms with Crippen molar-refractivity contribution in [1.82, 2.24) is 15.2 Å². The number of nitrogens with zero attached hydrogens (tertiary/aromatic N) is 2. The van der Waals surface area contributed by atoms with Crippen molar-refractivity contribution in [3.8, 4) is 18.1 Å². The second-order valence-corrected chi connectivity index (χ2v) is 6.01. The normalized spacial score (nSPS) is 20.2. The molecule has 1 aromatic heterocycles. The first-order valence-electron chi connectivity index (χ1n) is 8.25. The van der Waals surface area contributed by atoms with Crippen LogP contribution in [0.2, 0.25) is 0 Å². The first kappa shape index (κ1) is 16.5. The summed E-state index contributed by atoms with van der Waals surface area (Å²) in [7, 11) is 1.72. The van der Waals surface area contributed by atoms with Crippen molar-refractivity contribution in [2.75, 3.05) is 20.2 Å². The van der Waals surface area contributed by atoms with Gasteiger partial charge >= 0.3 is 0 Å². The van der Waals surface area contributed by atoms with Gasteiger partial charge in [-0.1, -0.05) is 30.2 Å². The van der Waals surface area contributed by atoms with Crippen LogP contribution in [-0.2, 0) is 6.54 Å². The third-order valence-corrected chi connectivity index (χ3v) is 4.59. The lowest BCUT2D eigenvalue weighted by Crippen LogP contribution is -2.54. The molecule has 124 valence electrons. The van der Waals surface area contributed by atoms with Crippen LogP contribution in [0, 0.1) is 12.3 Å². The highest BCUT2D eigenvalue weighted by molar-refractivity contribution is 5.34. The maximum atomic E-state index is 5.51. The first-order valence-corrected chi connectivity index (χ1v) is 8.25. The molecule has 2 atom stereocenters. The zero-order valence-corrected chi connectivity index (χ0v) is 14.0. The van der Waals surface area contributed by atoms with Crippen LogP contribution in [0.5, 0.6) is 5.75 Å². The number of likely N-dealkylation sites (tertiary alicyclic amines) is 1. The van der Waals surface area contributed by atoms with Gasteiger partial charge in [0.2, 0.25) is 0 Å². The summed E-state index contributed by atoms with van der Waals surface area (Å²) in [5.74, 6) is 3.57. The molecule has 1 aromatic carbocycles. The molecule has 0 aliphatic carbocycles. The smallest absolute Gasteiger partial charge is 0.123 e. The Bertz CT molecular complexity index is 696. The van der Waals surface area contributed by atoms with Crippen molar-refractivity contribution in [2.24, 2.45) is 0 Å². The Morgan fingerprint density at radius 2 is 2.21 bits per heavy atom. The number of pyridine rings is 1. The average molecular weight is 321 g/mol. The predicted molar refractivity (Wildman–Crippen MR) is 95.6 cm³/mol. The van der Waals surface area contributed by atoms with Crippen molar-refractivity contribution in [2.45, 2.75) is 25.0 Å². The summed E-state index contributed by atoms with van der Waals surface area (Å²) in [6.45, 7) is 2.36. The molecule has 1 N–H and O–H groups in total. The number of rotatable bonds is 7. The number of nitrogens with one attached hydrogen (secondary N) is 1. The first-order chi connectivity index (χ1) is 11.8. The average Bonchev–Trinajstić information content (AvgIpc) is 2.63. The summed E-state index contributed by atoms with van der Waals surface area (Å²) < 4.78 is 5.51. The Morgan fingerprint density at radius 1 is 1.33 bits per heavy atom. The number of benzene rings is 1. The van der Waals surface area contributed by atoms with E-state index in [4.69, 9.17) is 11.2 Å². The van der Waals surface area contributed by atoms with Crippen LogP contribution in [0.25, 0.3) is 0 Å². The molecular weight excluding hydrogens is 298 g/mol. The fourth-order valence-electron chi connectivity index (χ4n) is 3.33. The zero-order chi connectivity index (χ0) is 16.8.